The number of nitrogens with two attached hydrogens (primary N) is 1. The van der Waals surface area contributed by atoms with Crippen LogP contribution in [0, 0.1) is 0 Å². The Labute approximate surface area is 96.2 Å². The lowest BCUT2D eigenvalue weighted by Crippen LogP contribution is -1.89. The Morgan fingerprint density at radius 1 is 1.47 bits per heavy atom. The molecule has 1 aromatic heterocycles. The van der Waals surface area contributed by atoms with Gasteiger partial charge in [0.25, 0.3) is 0 Å². The van der Waals surface area contributed by atoms with Gasteiger partial charge in [-0.1, -0.05) is 23.4 Å². The van der Waals surface area contributed by atoms with Crippen LogP contribution in [-0.4, -0.2) is 15.2 Å². The van der Waals surface area contributed by atoms with Crippen molar-refractivity contribution in [2.75, 3.05) is 5.73 Å². The zero-order valence-electron chi connectivity index (χ0n) is 7.77. The van der Waals surface area contributed by atoms with E-state index in [0.29, 0.717) is 5.69 Å². The molecule has 0 aliphatic carbocycles. The first kappa shape index (κ1) is 10.3. The van der Waals surface area contributed by atoms with Crippen molar-refractivity contribution in [3.8, 4) is 0 Å². The number of benzene rings is 1. The SMILES string of the molecule is Nc1ccc(Cl)c(CSc2ncn[nH]2)c1. The maximum absolute atomic E-state index is 6.02. The molecule has 0 unspecified atom stereocenters. The molecule has 0 fully saturated rings. The van der Waals surface area contributed by atoms with Crippen LogP contribution in [0.4, 0.5) is 5.69 Å². The minimum Gasteiger partial charge on any atom is -0.399 e. The van der Waals surface area contributed by atoms with E-state index < -0.39 is 0 Å². The maximum Gasteiger partial charge on any atom is 0.183 e. The van der Waals surface area contributed by atoms with Gasteiger partial charge in [-0.05, 0) is 23.8 Å². The molecular formula is C9H9ClN4S. The van der Waals surface area contributed by atoms with Crippen molar-refractivity contribution in [1.29, 1.82) is 0 Å². The summed E-state index contributed by atoms with van der Waals surface area (Å²) in [4.78, 5) is 4.01. The van der Waals surface area contributed by atoms with Gasteiger partial charge in [-0.15, -0.1) is 0 Å². The molecule has 0 aliphatic heterocycles. The van der Waals surface area contributed by atoms with E-state index in [1.807, 2.05) is 6.07 Å². The highest BCUT2D eigenvalue weighted by Gasteiger charge is 2.03. The fourth-order valence-corrected chi connectivity index (χ4v) is 2.15. The quantitative estimate of drug-likeness (QED) is 0.638. The molecule has 4 nitrogen and oxygen atoms in total. The average Bonchev–Trinajstić information content (AvgIpc) is 2.72. The molecule has 0 amide bonds. The molecule has 78 valence electrons. The van der Waals surface area contributed by atoms with E-state index in [2.05, 4.69) is 15.2 Å². The van der Waals surface area contributed by atoms with E-state index in [0.717, 1.165) is 21.5 Å². The van der Waals surface area contributed by atoms with Crippen LogP contribution < -0.4 is 5.73 Å². The third-order valence-electron chi connectivity index (χ3n) is 1.83. The summed E-state index contributed by atoms with van der Waals surface area (Å²) in [6.45, 7) is 0. The van der Waals surface area contributed by atoms with E-state index in [9.17, 15) is 0 Å². The van der Waals surface area contributed by atoms with E-state index in [1.54, 1.807) is 12.1 Å². The topological polar surface area (TPSA) is 67.6 Å². The van der Waals surface area contributed by atoms with Crippen LogP contribution in [0.3, 0.4) is 0 Å². The number of aromatic nitrogens is 3. The van der Waals surface area contributed by atoms with Gasteiger partial charge >= 0.3 is 0 Å². The zero-order chi connectivity index (χ0) is 10.7. The summed E-state index contributed by atoms with van der Waals surface area (Å²) in [5.74, 6) is 0.721. The zero-order valence-corrected chi connectivity index (χ0v) is 9.35. The number of halogens is 1. The van der Waals surface area contributed by atoms with Crippen molar-refractivity contribution in [2.24, 2.45) is 0 Å². The normalized spacial score (nSPS) is 10.5. The standard InChI is InChI=1S/C9H9ClN4S/c10-8-2-1-7(11)3-6(8)4-15-9-12-5-13-14-9/h1-3,5H,4,11H2,(H,12,13,14). The highest BCUT2D eigenvalue weighted by molar-refractivity contribution is 7.98. The monoisotopic (exact) mass is 240 g/mol. The molecule has 0 saturated carbocycles. The second-order valence-corrected chi connectivity index (χ2v) is 4.30. The van der Waals surface area contributed by atoms with E-state index in [-0.39, 0.29) is 0 Å². The molecule has 1 aromatic carbocycles. The Morgan fingerprint density at radius 3 is 3.07 bits per heavy atom. The first-order valence-corrected chi connectivity index (χ1v) is 5.64. The van der Waals surface area contributed by atoms with Crippen LogP contribution in [0.5, 0.6) is 0 Å². The molecule has 0 radical (unpaired) electrons. The number of H-pyrrole nitrogens is 1. The molecule has 0 saturated heterocycles. The molecule has 2 rings (SSSR count). The molecule has 0 atom stereocenters. The Morgan fingerprint density at radius 2 is 2.33 bits per heavy atom. The molecule has 6 heteroatoms. The molecule has 0 bridgehead atoms. The van der Waals surface area contributed by atoms with Crippen LogP contribution in [-0.2, 0) is 5.75 Å². The lowest BCUT2D eigenvalue weighted by Gasteiger charge is -2.03. The van der Waals surface area contributed by atoms with Gasteiger partial charge in [0.15, 0.2) is 5.16 Å². The Kier molecular flexibility index (Phi) is 3.13. The van der Waals surface area contributed by atoms with Crippen molar-refractivity contribution < 1.29 is 0 Å². The summed E-state index contributed by atoms with van der Waals surface area (Å²) in [7, 11) is 0. The van der Waals surface area contributed by atoms with Gasteiger partial charge in [0.05, 0.1) is 0 Å². The van der Waals surface area contributed by atoms with Crippen molar-refractivity contribution in [1.82, 2.24) is 15.2 Å². The van der Waals surface area contributed by atoms with Gasteiger partial charge in [-0.3, -0.25) is 5.10 Å². The van der Waals surface area contributed by atoms with E-state index >= 15 is 0 Å². The van der Waals surface area contributed by atoms with Gasteiger partial charge in [0.1, 0.15) is 6.33 Å². The van der Waals surface area contributed by atoms with Gasteiger partial charge < -0.3 is 5.73 Å². The molecule has 3 N–H and O–H groups in total. The third-order valence-corrected chi connectivity index (χ3v) is 3.12. The van der Waals surface area contributed by atoms with Gasteiger partial charge in [0, 0.05) is 16.5 Å². The summed E-state index contributed by atoms with van der Waals surface area (Å²) in [5, 5.41) is 8.02. The first-order chi connectivity index (χ1) is 7.25. The number of nitrogens with one attached hydrogen (secondary N) is 1. The molecule has 2 aromatic rings. The van der Waals surface area contributed by atoms with Crippen molar-refractivity contribution in [3.63, 3.8) is 0 Å². The first-order valence-electron chi connectivity index (χ1n) is 4.28. The molecular weight excluding hydrogens is 232 g/mol. The summed E-state index contributed by atoms with van der Waals surface area (Å²) < 4.78 is 0. The summed E-state index contributed by atoms with van der Waals surface area (Å²) in [5.41, 5.74) is 7.39. The predicted molar refractivity (Wildman–Crippen MR) is 61.8 cm³/mol. The number of aromatic amines is 1. The second kappa shape index (κ2) is 4.55. The second-order valence-electron chi connectivity index (χ2n) is 2.93. The van der Waals surface area contributed by atoms with Crippen molar-refractivity contribution >= 4 is 29.1 Å². The Balaban J connectivity index is 2.07. The summed E-state index contributed by atoms with van der Waals surface area (Å²) in [6, 6.07) is 5.45. The smallest absolute Gasteiger partial charge is 0.183 e. The summed E-state index contributed by atoms with van der Waals surface area (Å²) >= 11 is 7.56. The van der Waals surface area contributed by atoms with Crippen LogP contribution in [0.25, 0.3) is 0 Å². The number of anilines is 1. The minimum atomic E-state index is 0.715. The lowest BCUT2D eigenvalue weighted by atomic mass is 10.2. The largest absolute Gasteiger partial charge is 0.399 e. The Hall–Kier alpha value is -1.20. The van der Waals surface area contributed by atoms with Crippen molar-refractivity contribution in [2.45, 2.75) is 10.9 Å². The van der Waals surface area contributed by atoms with Crippen LogP contribution >= 0.6 is 23.4 Å². The maximum atomic E-state index is 6.02. The van der Waals surface area contributed by atoms with Crippen molar-refractivity contribution in [3.05, 3.63) is 35.1 Å². The molecule has 0 aliphatic rings. The minimum absolute atomic E-state index is 0.715. The number of hydrogen-bond donors (Lipinski definition) is 2. The van der Waals surface area contributed by atoms with Gasteiger partial charge in [-0.2, -0.15) is 5.10 Å². The third kappa shape index (κ3) is 2.64. The highest BCUT2D eigenvalue weighted by atomic mass is 35.5. The molecule has 0 spiro atoms. The average molecular weight is 241 g/mol. The van der Waals surface area contributed by atoms with Crippen LogP contribution in [0.15, 0.2) is 29.7 Å². The number of nitrogen functional groups attached to an aromatic ring is 1. The van der Waals surface area contributed by atoms with Crippen LogP contribution in [0.1, 0.15) is 5.56 Å². The van der Waals surface area contributed by atoms with E-state index in [1.165, 1.54) is 18.1 Å². The summed E-state index contributed by atoms with van der Waals surface area (Å²) in [6.07, 6.45) is 1.48. The fraction of sp³-hybridized carbons (Fsp3) is 0.111. The number of thioether (sulfide) groups is 1. The number of hydrogen-bond acceptors (Lipinski definition) is 4. The Bertz CT molecular complexity index is 443. The van der Waals surface area contributed by atoms with E-state index in [4.69, 9.17) is 17.3 Å². The van der Waals surface area contributed by atoms with Crippen LogP contribution in [0.2, 0.25) is 5.02 Å². The van der Waals surface area contributed by atoms with Gasteiger partial charge in [-0.25, -0.2) is 4.98 Å². The number of rotatable bonds is 3. The molecule has 1 heterocycles. The lowest BCUT2D eigenvalue weighted by molar-refractivity contribution is 0.973. The molecule has 15 heavy (non-hydrogen) atoms. The highest BCUT2D eigenvalue weighted by Crippen LogP contribution is 2.25. The van der Waals surface area contributed by atoms with Gasteiger partial charge in [0.2, 0.25) is 0 Å². The fourth-order valence-electron chi connectivity index (χ4n) is 1.12. The predicted octanol–water partition coefficient (Wildman–Crippen LogP) is 2.33. The number of nitrogens with zero attached hydrogens (tertiary/aromatic N) is 2.